The van der Waals surface area contributed by atoms with Crippen LogP contribution in [0.3, 0.4) is 0 Å². The Labute approximate surface area is 110 Å². The van der Waals surface area contributed by atoms with Gasteiger partial charge >= 0.3 is 0 Å². The van der Waals surface area contributed by atoms with Crippen LogP contribution < -0.4 is 10.2 Å². The van der Waals surface area contributed by atoms with Crippen LogP contribution in [0.4, 0.5) is 11.4 Å². The predicted molar refractivity (Wildman–Crippen MR) is 73.6 cm³/mol. The van der Waals surface area contributed by atoms with Crippen molar-refractivity contribution in [2.45, 2.75) is 0 Å². The topological polar surface area (TPSA) is 49.4 Å². The van der Waals surface area contributed by atoms with E-state index in [4.69, 9.17) is 0 Å². The molecule has 0 saturated heterocycles. The van der Waals surface area contributed by atoms with Crippen molar-refractivity contribution in [3.8, 4) is 0 Å². The molecule has 1 aliphatic heterocycles. The number of nitrogens with zero attached hydrogens (tertiary/aromatic N) is 1. The zero-order valence-corrected chi connectivity index (χ0v) is 10.4. The normalized spacial score (nSPS) is 14.1. The molecule has 4 heteroatoms. The Morgan fingerprint density at radius 1 is 0.895 bits per heavy atom. The van der Waals surface area contributed by atoms with Gasteiger partial charge in [0.25, 0.3) is 11.8 Å². The highest BCUT2D eigenvalue weighted by molar-refractivity contribution is 6.19. The molecule has 2 aromatic rings. The van der Waals surface area contributed by atoms with E-state index in [0.29, 0.717) is 22.5 Å². The Morgan fingerprint density at radius 2 is 1.53 bits per heavy atom. The van der Waals surface area contributed by atoms with E-state index in [-0.39, 0.29) is 11.8 Å². The van der Waals surface area contributed by atoms with Crippen LogP contribution >= 0.6 is 0 Å². The Kier molecular flexibility index (Phi) is 2.56. The van der Waals surface area contributed by atoms with Gasteiger partial charge in [-0.25, -0.2) is 0 Å². The maximum Gasteiger partial charge on any atom is 0.260 e. The van der Waals surface area contributed by atoms with E-state index in [9.17, 15) is 9.59 Å². The molecule has 2 aromatic carbocycles. The molecule has 4 nitrogen and oxygen atoms in total. The summed E-state index contributed by atoms with van der Waals surface area (Å²) in [6.45, 7) is 0. The lowest BCUT2D eigenvalue weighted by molar-refractivity contribution is 0.0991. The highest BCUT2D eigenvalue weighted by Crippen LogP contribution is 2.27. The summed E-state index contributed by atoms with van der Waals surface area (Å²) in [5.74, 6) is -0.342. The molecule has 1 heterocycles. The Hall–Kier alpha value is -2.62. The van der Waals surface area contributed by atoms with Crippen molar-refractivity contribution in [2.24, 2.45) is 0 Å². The molecular formula is C15H12N2O2. The Bertz CT molecular complexity index is 679. The second-order valence-corrected chi connectivity index (χ2v) is 4.38. The third kappa shape index (κ3) is 1.78. The van der Waals surface area contributed by atoms with Crippen molar-refractivity contribution in [3.05, 3.63) is 59.7 Å². The van der Waals surface area contributed by atoms with Crippen molar-refractivity contribution < 1.29 is 9.59 Å². The molecule has 3 rings (SSSR count). The van der Waals surface area contributed by atoms with E-state index in [0.717, 1.165) is 0 Å². The fourth-order valence-corrected chi connectivity index (χ4v) is 2.22. The van der Waals surface area contributed by atoms with Crippen LogP contribution in [0.5, 0.6) is 0 Å². The zero-order valence-electron chi connectivity index (χ0n) is 10.4. The predicted octanol–water partition coefficient (Wildman–Crippen LogP) is 2.53. The molecule has 0 unspecified atom stereocenters. The van der Waals surface area contributed by atoms with Gasteiger partial charge in [0.2, 0.25) is 0 Å². The van der Waals surface area contributed by atoms with E-state index in [1.54, 1.807) is 49.5 Å². The van der Waals surface area contributed by atoms with Gasteiger partial charge in [-0.1, -0.05) is 24.3 Å². The highest BCUT2D eigenvalue weighted by Gasteiger charge is 2.25. The third-order valence-electron chi connectivity index (χ3n) is 3.22. The quantitative estimate of drug-likeness (QED) is 0.783. The minimum atomic E-state index is -0.206. The lowest BCUT2D eigenvalue weighted by Gasteiger charge is -2.24. The summed E-state index contributed by atoms with van der Waals surface area (Å²) in [5.41, 5.74) is 2.14. The number of benzene rings is 2. The standard InChI is InChI=1S/C15H12N2O2/c1-17-13-9-5-3-7-11(13)14(18)16-12-8-4-2-6-10(12)15(17)19/h2-9H,1H3,(H,16,18). The highest BCUT2D eigenvalue weighted by atomic mass is 16.2. The first-order valence-corrected chi connectivity index (χ1v) is 5.96. The van der Waals surface area contributed by atoms with Gasteiger partial charge in [0, 0.05) is 7.05 Å². The number of nitrogens with one attached hydrogen (secondary N) is 1. The molecule has 0 aliphatic carbocycles. The first-order chi connectivity index (χ1) is 9.18. The molecule has 1 aliphatic rings. The summed E-state index contributed by atoms with van der Waals surface area (Å²) in [6, 6.07) is 14.1. The summed E-state index contributed by atoms with van der Waals surface area (Å²) in [6.07, 6.45) is 0. The molecule has 0 saturated carbocycles. The van der Waals surface area contributed by atoms with Crippen molar-refractivity contribution in [3.63, 3.8) is 0 Å². The molecule has 1 N–H and O–H groups in total. The second kappa shape index (κ2) is 4.24. The molecule has 0 radical (unpaired) electrons. The van der Waals surface area contributed by atoms with E-state index in [1.807, 2.05) is 6.07 Å². The van der Waals surface area contributed by atoms with Crippen LogP contribution in [0.15, 0.2) is 48.5 Å². The summed E-state index contributed by atoms with van der Waals surface area (Å²) in [4.78, 5) is 26.2. The zero-order chi connectivity index (χ0) is 13.4. The fourth-order valence-electron chi connectivity index (χ4n) is 2.22. The third-order valence-corrected chi connectivity index (χ3v) is 3.22. The molecule has 0 aromatic heterocycles. The first kappa shape index (κ1) is 11.5. The number of amides is 2. The summed E-state index contributed by atoms with van der Waals surface area (Å²) in [7, 11) is 1.68. The van der Waals surface area contributed by atoms with Gasteiger partial charge in [-0.3, -0.25) is 9.59 Å². The summed E-state index contributed by atoms with van der Waals surface area (Å²) >= 11 is 0. The number of hydrogen-bond donors (Lipinski definition) is 1. The minimum Gasteiger partial charge on any atom is -0.321 e. The molecule has 19 heavy (non-hydrogen) atoms. The van der Waals surface area contributed by atoms with Gasteiger partial charge in [0.1, 0.15) is 0 Å². The molecule has 0 fully saturated rings. The van der Waals surface area contributed by atoms with Gasteiger partial charge in [-0.15, -0.1) is 0 Å². The smallest absolute Gasteiger partial charge is 0.260 e. The SMILES string of the molecule is CN1C(=O)c2ccccc2NC(=O)c2ccccc21. The van der Waals surface area contributed by atoms with Crippen molar-refractivity contribution in [2.75, 3.05) is 17.3 Å². The van der Waals surface area contributed by atoms with E-state index >= 15 is 0 Å². The van der Waals surface area contributed by atoms with Crippen molar-refractivity contribution in [1.82, 2.24) is 0 Å². The number of para-hydroxylation sites is 2. The van der Waals surface area contributed by atoms with E-state index in [2.05, 4.69) is 5.32 Å². The average Bonchev–Trinajstić information content (AvgIpc) is 2.45. The number of anilines is 2. The maximum absolute atomic E-state index is 12.4. The number of carbonyl (C=O) groups excluding carboxylic acids is 2. The number of rotatable bonds is 0. The van der Waals surface area contributed by atoms with Crippen LogP contribution in [0.25, 0.3) is 0 Å². The fraction of sp³-hybridized carbons (Fsp3) is 0.0667. The number of hydrogen-bond acceptors (Lipinski definition) is 2. The van der Waals surface area contributed by atoms with Gasteiger partial charge in [0.15, 0.2) is 0 Å². The Balaban J connectivity index is 2.22. The minimum absolute atomic E-state index is 0.136. The van der Waals surface area contributed by atoms with Crippen molar-refractivity contribution in [1.29, 1.82) is 0 Å². The molecule has 0 spiro atoms. The molecule has 0 bridgehead atoms. The second-order valence-electron chi connectivity index (χ2n) is 4.38. The first-order valence-electron chi connectivity index (χ1n) is 5.96. The number of carbonyl (C=O) groups is 2. The summed E-state index contributed by atoms with van der Waals surface area (Å²) < 4.78 is 0. The van der Waals surface area contributed by atoms with Crippen LogP contribution in [0.1, 0.15) is 20.7 Å². The maximum atomic E-state index is 12.4. The monoisotopic (exact) mass is 252 g/mol. The van der Waals surface area contributed by atoms with Crippen LogP contribution in [-0.4, -0.2) is 18.9 Å². The van der Waals surface area contributed by atoms with Gasteiger partial charge in [-0.05, 0) is 24.3 Å². The van der Waals surface area contributed by atoms with Crippen LogP contribution in [0.2, 0.25) is 0 Å². The van der Waals surface area contributed by atoms with Gasteiger partial charge < -0.3 is 10.2 Å². The van der Waals surface area contributed by atoms with E-state index in [1.165, 1.54) is 4.90 Å². The Morgan fingerprint density at radius 3 is 2.32 bits per heavy atom. The largest absolute Gasteiger partial charge is 0.321 e. The van der Waals surface area contributed by atoms with Crippen molar-refractivity contribution >= 4 is 23.2 Å². The van der Waals surface area contributed by atoms with E-state index < -0.39 is 0 Å². The van der Waals surface area contributed by atoms with Crippen LogP contribution in [-0.2, 0) is 0 Å². The van der Waals surface area contributed by atoms with Crippen LogP contribution in [0, 0.1) is 0 Å². The molecule has 94 valence electrons. The van der Waals surface area contributed by atoms with Gasteiger partial charge in [0.05, 0.1) is 22.5 Å². The number of fused-ring (bicyclic) bond motifs is 2. The lowest BCUT2D eigenvalue weighted by atomic mass is 10.1. The molecular weight excluding hydrogens is 240 g/mol. The molecule has 0 atom stereocenters. The van der Waals surface area contributed by atoms with Gasteiger partial charge in [-0.2, -0.15) is 0 Å². The average molecular weight is 252 g/mol. The molecule has 2 amide bonds. The lowest BCUT2D eigenvalue weighted by Crippen LogP contribution is -2.32. The summed E-state index contributed by atoms with van der Waals surface area (Å²) in [5, 5.41) is 2.78.